The number of hydrogen-bond donors (Lipinski definition) is 2. The van der Waals surface area contributed by atoms with Crippen molar-refractivity contribution in [2.45, 2.75) is 74.6 Å². The molecule has 8 nitrogen and oxygen atoms in total. The highest BCUT2D eigenvalue weighted by molar-refractivity contribution is 7.99. The Kier molecular flexibility index (Phi) is 5.81. The van der Waals surface area contributed by atoms with Crippen molar-refractivity contribution >= 4 is 23.6 Å². The summed E-state index contributed by atoms with van der Waals surface area (Å²) in [6.07, 6.45) is 6.13. The van der Waals surface area contributed by atoms with E-state index in [0.29, 0.717) is 31.1 Å². The zero-order chi connectivity index (χ0) is 21.5. The molecule has 2 amide bonds. The first kappa shape index (κ1) is 21.0. The van der Waals surface area contributed by atoms with Gasteiger partial charge in [-0.15, -0.1) is 0 Å². The number of carbonyl (C=O) groups excluding carboxylic acids is 2. The quantitative estimate of drug-likeness (QED) is 0.659. The monoisotopic (exact) mass is 446 g/mol. The van der Waals surface area contributed by atoms with Crippen LogP contribution in [0.3, 0.4) is 0 Å². The van der Waals surface area contributed by atoms with Crippen LogP contribution in [0.4, 0.5) is 0 Å². The van der Waals surface area contributed by atoms with E-state index in [9.17, 15) is 14.4 Å². The Labute approximate surface area is 185 Å². The molecule has 1 saturated heterocycles. The zero-order valence-corrected chi connectivity index (χ0v) is 18.7. The van der Waals surface area contributed by atoms with Gasteiger partial charge < -0.3 is 15.4 Å². The molecular weight excluding hydrogens is 416 g/mol. The molecule has 1 saturated carbocycles. The van der Waals surface area contributed by atoms with E-state index in [1.54, 1.807) is 23.4 Å². The molecule has 5 rings (SSSR count). The van der Waals surface area contributed by atoms with Crippen LogP contribution in [-0.4, -0.2) is 52.9 Å². The Bertz CT molecular complexity index is 948. The van der Waals surface area contributed by atoms with Crippen LogP contribution in [-0.2, 0) is 27.2 Å². The van der Waals surface area contributed by atoms with Crippen LogP contribution in [0.15, 0.2) is 9.95 Å². The van der Waals surface area contributed by atoms with Crippen LogP contribution < -0.4 is 16.2 Å². The summed E-state index contributed by atoms with van der Waals surface area (Å²) in [5.41, 5.74) is 1.84. The van der Waals surface area contributed by atoms with E-state index in [2.05, 4.69) is 15.6 Å². The van der Waals surface area contributed by atoms with Crippen LogP contribution in [0, 0.1) is 11.8 Å². The van der Waals surface area contributed by atoms with Crippen molar-refractivity contribution in [2.24, 2.45) is 11.8 Å². The van der Waals surface area contributed by atoms with E-state index < -0.39 is 0 Å². The molecule has 2 aliphatic carbocycles. The van der Waals surface area contributed by atoms with Gasteiger partial charge in [0.15, 0.2) is 5.16 Å². The van der Waals surface area contributed by atoms with E-state index in [4.69, 9.17) is 4.74 Å². The van der Waals surface area contributed by atoms with E-state index in [1.165, 1.54) is 0 Å². The number of nitrogens with zero attached hydrogens (tertiary/aromatic N) is 2. The summed E-state index contributed by atoms with van der Waals surface area (Å²) < 4.78 is 7.08. The van der Waals surface area contributed by atoms with Crippen molar-refractivity contribution in [3.63, 3.8) is 0 Å². The van der Waals surface area contributed by atoms with Crippen molar-refractivity contribution in [3.8, 4) is 0 Å². The van der Waals surface area contributed by atoms with E-state index >= 15 is 0 Å². The Balaban J connectivity index is 1.21. The van der Waals surface area contributed by atoms with E-state index in [0.717, 1.165) is 54.9 Å². The first-order valence-electron chi connectivity index (χ1n) is 11.4. The van der Waals surface area contributed by atoms with Crippen molar-refractivity contribution in [1.82, 2.24) is 20.2 Å². The van der Waals surface area contributed by atoms with Crippen molar-refractivity contribution < 1.29 is 14.3 Å². The normalized spacial score (nSPS) is 31.5. The van der Waals surface area contributed by atoms with Crippen LogP contribution in [0.2, 0.25) is 0 Å². The van der Waals surface area contributed by atoms with Gasteiger partial charge in [0.2, 0.25) is 11.8 Å². The molecule has 2 N–H and O–H groups in total. The zero-order valence-electron chi connectivity index (χ0n) is 17.9. The number of fused-ring (bicyclic) bond motifs is 3. The average Bonchev–Trinajstić information content (AvgIpc) is 3.35. The SMILES string of the molecule is COCC1CC(=O)NC2CC(NC(=O)CC3CSc4nc5c(c(=O)n43)CCC5)CCC12. The highest BCUT2D eigenvalue weighted by Gasteiger charge is 2.41. The Hall–Kier alpha value is -1.87. The molecule has 2 fully saturated rings. The third-order valence-electron chi connectivity index (χ3n) is 7.34. The molecular formula is C22H30N4O4S. The number of hydrogen-bond acceptors (Lipinski definition) is 6. The van der Waals surface area contributed by atoms with Gasteiger partial charge in [-0.3, -0.25) is 19.0 Å². The Morgan fingerprint density at radius 1 is 1.32 bits per heavy atom. The molecule has 0 radical (unpaired) electrons. The molecule has 0 aromatic carbocycles. The second-order valence-electron chi connectivity index (χ2n) is 9.35. The maximum atomic E-state index is 12.9. The maximum absolute atomic E-state index is 12.9. The van der Waals surface area contributed by atoms with Gasteiger partial charge in [-0.05, 0) is 50.4 Å². The van der Waals surface area contributed by atoms with Gasteiger partial charge in [0, 0.05) is 50.0 Å². The first-order chi connectivity index (χ1) is 15.0. The van der Waals surface area contributed by atoms with Gasteiger partial charge in [0.05, 0.1) is 11.7 Å². The second-order valence-corrected chi connectivity index (χ2v) is 10.3. The maximum Gasteiger partial charge on any atom is 0.257 e. The van der Waals surface area contributed by atoms with Crippen LogP contribution in [0.25, 0.3) is 0 Å². The fraction of sp³-hybridized carbons (Fsp3) is 0.727. The topological polar surface area (TPSA) is 102 Å². The molecule has 168 valence electrons. The summed E-state index contributed by atoms with van der Waals surface area (Å²) >= 11 is 1.58. The minimum absolute atomic E-state index is 0.0233. The van der Waals surface area contributed by atoms with Gasteiger partial charge in [0.25, 0.3) is 5.56 Å². The summed E-state index contributed by atoms with van der Waals surface area (Å²) in [6, 6.07) is 0.0130. The Morgan fingerprint density at radius 3 is 3.03 bits per heavy atom. The number of ether oxygens (including phenoxy) is 1. The lowest BCUT2D eigenvalue weighted by Crippen LogP contribution is -2.56. The number of aryl methyl sites for hydroxylation is 1. The third kappa shape index (κ3) is 4.02. The summed E-state index contributed by atoms with van der Waals surface area (Å²) in [4.78, 5) is 42.6. The smallest absolute Gasteiger partial charge is 0.257 e. The lowest BCUT2D eigenvalue weighted by molar-refractivity contribution is -0.128. The minimum Gasteiger partial charge on any atom is -0.384 e. The predicted molar refractivity (Wildman–Crippen MR) is 116 cm³/mol. The molecule has 9 heteroatoms. The molecule has 2 aliphatic heterocycles. The fourth-order valence-electron chi connectivity index (χ4n) is 5.91. The molecule has 0 bridgehead atoms. The van der Waals surface area contributed by atoms with Crippen molar-refractivity contribution in [1.29, 1.82) is 0 Å². The number of carbonyl (C=O) groups is 2. The number of rotatable bonds is 5. The average molecular weight is 447 g/mol. The van der Waals surface area contributed by atoms with Crippen LogP contribution in [0.1, 0.15) is 55.8 Å². The van der Waals surface area contributed by atoms with Gasteiger partial charge >= 0.3 is 0 Å². The number of amides is 2. The highest BCUT2D eigenvalue weighted by Crippen LogP contribution is 2.36. The van der Waals surface area contributed by atoms with E-state index in [1.807, 2.05) is 0 Å². The highest BCUT2D eigenvalue weighted by atomic mass is 32.2. The predicted octanol–water partition coefficient (Wildman–Crippen LogP) is 1.20. The minimum atomic E-state index is -0.136. The molecule has 5 unspecified atom stereocenters. The van der Waals surface area contributed by atoms with Crippen LogP contribution in [0.5, 0.6) is 0 Å². The molecule has 4 aliphatic rings. The first-order valence-corrected chi connectivity index (χ1v) is 12.4. The number of piperidine rings is 1. The summed E-state index contributed by atoms with van der Waals surface area (Å²) in [6.45, 7) is 0.608. The summed E-state index contributed by atoms with van der Waals surface area (Å²) in [5.74, 6) is 1.44. The van der Waals surface area contributed by atoms with Gasteiger partial charge in [0.1, 0.15) is 0 Å². The lowest BCUT2D eigenvalue weighted by atomic mass is 9.71. The van der Waals surface area contributed by atoms with E-state index in [-0.39, 0.29) is 41.4 Å². The number of methoxy groups -OCH3 is 1. The molecule has 1 aromatic rings. The van der Waals surface area contributed by atoms with Crippen LogP contribution >= 0.6 is 11.8 Å². The Morgan fingerprint density at radius 2 is 2.19 bits per heavy atom. The summed E-state index contributed by atoms with van der Waals surface area (Å²) in [7, 11) is 1.68. The third-order valence-corrected chi connectivity index (χ3v) is 8.44. The van der Waals surface area contributed by atoms with Gasteiger partial charge in [-0.1, -0.05) is 11.8 Å². The lowest BCUT2D eigenvalue weighted by Gasteiger charge is -2.44. The number of aromatic nitrogens is 2. The second kappa shape index (κ2) is 8.58. The molecule has 5 atom stereocenters. The van der Waals surface area contributed by atoms with Gasteiger partial charge in [-0.25, -0.2) is 4.98 Å². The van der Waals surface area contributed by atoms with Crippen molar-refractivity contribution in [3.05, 3.63) is 21.6 Å². The molecule has 0 spiro atoms. The molecule has 31 heavy (non-hydrogen) atoms. The van der Waals surface area contributed by atoms with Gasteiger partial charge in [-0.2, -0.15) is 0 Å². The summed E-state index contributed by atoms with van der Waals surface area (Å²) in [5, 5.41) is 7.06. The fourth-order valence-corrected chi connectivity index (χ4v) is 7.06. The largest absolute Gasteiger partial charge is 0.384 e. The standard InChI is InChI=1S/C22H30N4O4S/c1-30-10-12-7-19(27)24-18-8-13(5-6-15(12)18)23-20(28)9-14-11-31-22-25-17-4-2-3-16(17)21(29)26(14)22/h12-15,18H,2-11H2,1H3,(H,23,28)(H,24,27). The number of thioether (sulfide) groups is 1. The van der Waals surface area contributed by atoms with Crippen molar-refractivity contribution in [2.75, 3.05) is 19.5 Å². The molecule has 3 heterocycles. The number of nitrogens with one attached hydrogen (secondary N) is 2. The molecule has 1 aromatic heterocycles.